The number of pyridine rings is 1. The summed E-state index contributed by atoms with van der Waals surface area (Å²) in [5.41, 5.74) is 5.80. The van der Waals surface area contributed by atoms with Gasteiger partial charge < -0.3 is 0 Å². The van der Waals surface area contributed by atoms with E-state index in [0.717, 1.165) is 30.0 Å². The molecule has 0 amide bonds. The molecule has 3 rings (SSSR count). The first-order chi connectivity index (χ1) is 10.1. The zero-order valence-corrected chi connectivity index (χ0v) is 12.7. The zero-order chi connectivity index (χ0) is 14.8. The van der Waals surface area contributed by atoms with E-state index in [9.17, 15) is 0 Å². The molecule has 0 unspecified atom stereocenters. The van der Waals surface area contributed by atoms with Gasteiger partial charge in [0.05, 0.1) is 11.2 Å². The Morgan fingerprint density at radius 2 is 2.00 bits per heavy atom. The monoisotopic (exact) mass is 280 g/mol. The molecule has 0 bridgehead atoms. The van der Waals surface area contributed by atoms with Crippen molar-refractivity contribution >= 4 is 10.9 Å². The maximum absolute atomic E-state index is 4.50. The third kappa shape index (κ3) is 2.95. The van der Waals surface area contributed by atoms with Gasteiger partial charge in [0.2, 0.25) is 0 Å². The van der Waals surface area contributed by atoms with E-state index in [1.165, 1.54) is 16.5 Å². The van der Waals surface area contributed by atoms with Crippen molar-refractivity contribution in [2.75, 3.05) is 7.05 Å². The smallest absolute Gasteiger partial charge is 0.0765 e. The second-order valence-corrected chi connectivity index (χ2v) is 5.66. The summed E-state index contributed by atoms with van der Waals surface area (Å²) in [5.74, 6) is 0. The molecular weight excluding hydrogens is 260 g/mol. The van der Waals surface area contributed by atoms with E-state index in [4.69, 9.17) is 0 Å². The van der Waals surface area contributed by atoms with Crippen LogP contribution in [0.4, 0.5) is 0 Å². The van der Waals surface area contributed by atoms with Crippen LogP contribution in [0.5, 0.6) is 0 Å². The highest BCUT2D eigenvalue weighted by atomic mass is 15.2. The number of fused-ring (bicyclic) bond motifs is 1. The quantitative estimate of drug-likeness (QED) is 0.798. The maximum atomic E-state index is 4.50. The van der Waals surface area contributed by atoms with Crippen molar-refractivity contribution in [1.82, 2.24) is 20.1 Å². The van der Waals surface area contributed by atoms with Crippen LogP contribution in [0.1, 0.15) is 22.5 Å². The van der Waals surface area contributed by atoms with Crippen molar-refractivity contribution in [2.45, 2.75) is 26.9 Å². The molecule has 0 atom stereocenters. The average molecular weight is 280 g/mol. The van der Waals surface area contributed by atoms with Crippen molar-refractivity contribution in [2.24, 2.45) is 0 Å². The molecule has 0 radical (unpaired) electrons. The molecule has 4 heteroatoms. The number of hydrogen-bond donors (Lipinski definition) is 1. The van der Waals surface area contributed by atoms with Gasteiger partial charge in [-0.25, -0.2) is 0 Å². The SMILES string of the molecule is Cc1cc(CN(C)Cc2ccc(C)c3ncccc23)n[nH]1. The Morgan fingerprint density at radius 1 is 1.14 bits per heavy atom. The molecule has 0 aliphatic carbocycles. The van der Waals surface area contributed by atoms with Crippen LogP contribution in [0, 0.1) is 13.8 Å². The standard InChI is InChI=1S/C17H20N4/c1-12-6-7-14(16-5-4-8-18-17(12)16)10-21(3)11-15-9-13(2)19-20-15/h4-9H,10-11H2,1-3H3,(H,19,20). The normalized spacial score (nSPS) is 11.4. The Balaban J connectivity index is 1.83. The predicted molar refractivity (Wildman–Crippen MR) is 85.0 cm³/mol. The summed E-state index contributed by atoms with van der Waals surface area (Å²) in [5, 5.41) is 8.52. The van der Waals surface area contributed by atoms with E-state index in [2.05, 4.69) is 58.3 Å². The lowest BCUT2D eigenvalue weighted by molar-refractivity contribution is 0.316. The van der Waals surface area contributed by atoms with Crippen LogP contribution in [-0.4, -0.2) is 27.1 Å². The zero-order valence-electron chi connectivity index (χ0n) is 12.7. The first kappa shape index (κ1) is 13.8. The lowest BCUT2D eigenvalue weighted by Gasteiger charge is -2.17. The minimum Gasteiger partial charge on any atom is -0.296 e. The highest BCUT2D eigenvalue weighted by molar-refractivity contribution is 5.84. The summed E-state index contributed by atoms with van der Waals surface area (Å²) in [7, 11) is 2.12. The third-order valence-corrected chi connectivity index (χ3v) is 3.69. The summed E-state index contributed by atoms with van der Waals surface area (Å²) in [6, 6.07) is 10.6. The molecule has 2 heterocycles. The maximum Gasteiger partial charge on any atom is 0.0765 e. The van der Waals surface area contributed by atoms with Gasteiger partial charge >= 0.3 is 0 Å². The van der Waals surface area contributed by atoms with Gasteiger partial charge in [-0.1, -0.05) is 18.2 Å². The molecule has 0 aliphatic heterocycles. The van der Waals surface area contributed by atoms with E-state index >= 15 is 0 Å². The second-order valence-electron chi connectivity index (χ2n) is 5.66. The first-order valence-electron chi connectivity index (χ1n) is 7.16. The Hall–Kier alpha value is -2.20. The summed E-state index contributed by atoms with van der Waals surface area (Å²) in [4.78, 5) is 6.77. The van der Waals surface area contributed by atoms with Crippen LogP contribution < -0.4 is 0 Å². The number of aromatic amines is 1. The molecule has 3 aromatic rings. The van der Waals surface area contributed by atoms with Crippen LogP contribution in [0.3, 0.4) is 0 Å². The molecule has 0 saturated carbocycles. The molecule has 4 nitrogen and oxygen atoms in total. The number of hydrogen-bond acceptors (Lipinski definition) is 3. The predicted octanol–water partition coefficient (Wildman–Crippen LogP) is 3.21. The number of aryl methyl sites for hydroxylation is 2. The summed E-state index contributed by atoms with van der Waals surface area (Å²) < 4.78 is 0. The van der Waals surface area contributed by atoms with Gasteiger partial charge in [0.1, 0.15) is 0 Å². The lowest BCUT2D eigenvalue weighted by atomic mass is 10.0. The van der Waals surface area contributed by atoms with Crippen molar-refractivity contribution in [3.8, 4) is 0 Å². The number of nitrogens with zero attached hydrogens (tertiary/aromatic N) is 3. The van der Waals surface area contributed by atoms with Crippen LogP contribution >= 0.6 is 0 Å². The molecule has 1 N–H and O–H groups in total. The minimum atomic E-state index is 0.833. The first-order valence-corrected chi connectivity index (χ1v) is 7.16. The molecular formula is C17H20N4. The van der Waals surface area contributed by atoms with Crippen molar-refractivity contribution < 1.29 is 0 Å². The summed E-state index contributed by atoms with van der Waals surface area (Å²) in [6.45, 7) is 5.85. The molecule has 0 spiro atoms. The molecule has 108 valence electrons. The molecule has 1 aromatic carbocycles. The van der Waals surface area contributed by atoms with Crippen LogP contribution in [0.25, 0.3) is 10.9 Å². The third-order valence-electron chi connectivity index (χ3n) is 3.69. The van der Waals surface area contributed by atoms with Gasteiger partial charge in [-0.05, 0) is 44.2 Å². The van der Waals surface area contributed by atoms with E-state index in [1.807, 2.05) is 19.2 Å². The highest BCUT2D eigenvalue weighted by Gasteiger charge is 2.08. The summed E-state index contributed by atoms with van der Waals surface area (Å²) >= 11 is 0. The van der Waals surface area contributed by atoms with Crippen molar-refractivity contribution in [1.29, 1.82) is 0 Å². The van der Waals surface area contributed by atoms with E-state index in [1.54, 1.807) is 0 Å². The topological polar surface area (TPSA) is 44.8 Å². The minimum absolute atomic E-state index is 0.833. The average Bonchev–Trinajstić information content (AvgIpc) is 2.87. The van der Waals surface area contributed by atoms with E-state index in [0.29, 0.717) is 0 Å². The van der Waals surface area contributed by atoms with Crippen LogP contribution in [0.15, 0.2) is 36.5 Å². The number of benzene rings is 1. The highest BCUT2D eigenvalue weighted by Crippen LogP contribution is 2.21. The van der Waals surface area contributed by atoms with Gasteiger partial charge in [-0.15, -0.1) is 0 Å². The number of H-pyrrole nitrogens is 1. The van der Waals surface area contributed by atoms with Crippen molar-refractivity contribution in [3.05, 3.63) is 59.0 Å². The fraction of sp³-hybridized carbons (Fsp3) is 0.294. The van der Waals surface area contributed by atoms with E-state index < -0.39 is 0 Å². The summed E-state index contributed by atoms with van der Waals surface area (Å²) in [6.07, 6.45) is 1.86. The fourth-order valence-corrected chi connectivity index (χ4v) is 2.69. The number of rotatable bonds is 4. The lowest BCUT2D eigenvalue weighted by Crippen LogP contribution is -2.17. The van der Waals surface area contributed by atoms with Crippen LogP contribution in [0.2, 0.25) is 0 Å². The largest absolute Gasteiger partial charge is 0.296 e. The van der Waals surface area contributed by atoms with Gasteiger partial charge in [0.25, 0.3) is 0 Å². The fourth-order valence-electron chi connectivity index (χ4n) is 2.69. The van der Waals surface area contributed by atoms with E-state index in [-0.39, 0.29) is 0 Å². The van der Waals surface area contributed by atoms with Gasteiger partial charge in [0.15, 0.2) is 0 Å². The molecule has 0 fully saturated rings. The molecule has 0 aliphatic rings. The van der Waals surface area contributed by atoms with Gasteiger partial charge in [-0.3, -0.25) is 15.0 Å². The molecule has 2 aromatic heterocycles. The van der Waals surface area contributed by atoms with Gasteiger partial charge in [-0.2, -0.15) is 5.10 Å². The number of aromatic nitrogens is 3. The van der Waals surface area contributed by atoms with Gasteiger partial charge in [0, 0.05) is 30.4 Å². The van der Waals surface area contributed by atoms with Crippen LogP contribution in [-0.2, 0) is 13.1 Å². The Kier molecular flexibility index (Phi) is 3.71. The van der Waals surface area contributed by atoms with Crippen molar-refractivity contribution in [3.63, 3.8) is 0 Å². The Labute approximate surface area is 124 Å². The second kappa shape index (κ2) is 5.66. The molecule has 0 saturated heterocycles. The number of nitrogens with one attached hydrogen (secondary N) is 1. The Bertz CT molecular complexity index is 760. The molecule has 21 heavy (non-hydrogen) atoms. The Morgan fingerprint density at radius 3 is 2.76 bits per heavy atom.